The van der Waals surface area contributed by atoms with E-state index in [-0.39, 0.29) is 0 Å². The zero-order valence-corrected chi connectivity index (χ0v) is 73.0. The monoisotopic (exact) mass is 1480 g/mol. The van der Waals surface area contributed by atoms with Crippen LogP contribution in [-0.2, 0) is 0 Å². The Balaban J connectivity index is 0.000000265. The maximum atomic E-state index is 2.30. The van der Waals surface area contributed by atoms with Gasteiger partial charge in [0, 0.05) is 0 Å². The zero-order chi connectivity index (χ0) is 82.4. The fourth-order valence-electron chi connectivity index (χ4n) is 14.3. The van der Waals surface area contributed by atoms with Crippen molar-refractivity contribution in [3.05, 3.63) is 360 Å². The molecule has 0 fully saturated rings. The predicted octanol–water partition coefficient (Wildman–Crippen LogP) is 36.0. The molecule has 0 N–H and O–H groups in total. The Labute approximate surface area is 677 Å². The van der Waals surface area contributed by atoms with Gasteiger partial charge in [-0.2, -0.15) is 0 Å². The molecule has 0 nitrogen and oxygen atoms in total. The Morgan fingerprint density at radius 1 is 0.107 bits per heavy atom. The highest BCUT2D eigenvalue weighted by atomic mass is 14.2. The van der Waals surface area contributed by atoms with Gasteiger partial charge in [0.25, 0.3) is 0 Å². The molecule has 0 amide bonds. The molecule has 578 valence electrons. The second-order valence-electron chi connectivity index (χ2n) is 25.5. The Hall–Kier alpha value is -11.2. The lowest BCUT2D eigenvalue weighted by Gasteiger charge is -2.21. The molecule has 17 rings (SSSR count). The summed E-state index contributed by atoms with van der Waals surface area (Å²) in [5, 5.41) is 21.0. The third kappa shape index (κ3) is 21.3. The van der Waals surface area contributed by atoms with Crippen LogP contribution in [0.15, 0.2) is 315 Å². The van der Waals surface area contributed by atoms with E-state index in [1.54, 1.807) is 0 Å². The van der Waals surface area contributed by atoms with Crippen LogP contribution in [0.4, 0.5) is 0 Å². The average Bonchev–Trinajstić information content (AvgIpc) is 0.723. The minimum Gasteiger partial charge on any atom is -0.0683 e. The quantitative estimate of drug-likeness (QED) is 0.151. The summed E-state index contributed by atoms with van der Waals surface area (Å²) >= 11 is 0. The van der Waals surface area contributed by atoms with Crippen molar-refractivity contribution < 1.29 is 0 Å². The van der Waals surface area contributed by atoms with Crippen molar-refractivity contribution in [2.24, 2.45) is 0 Å². The molecule has 17 aromatic carbocycles. The van der Waals surface area contributed by atoms with E-state index >= 15 is 0 Å². The fourth-order valence-corrected chi connectivity index (χ4v) is 14.3. The zero-order valence-electron chi connectivity index (χ0n) is 73.0. The molecule has 0 atom stereocenters. The third-order valence-corrected chi connectivity index (χ3v) is 19.1. The van der Waals surface area contributed by atoms with E-state index in [4.69, 9.17) is 0 Å². The highest BCUT2D eigenvalue weighted by Gasteiger charge is 2.22. The molecule has 0 heteroatoms. The van der Waals surface area contributed by atoms with E-state index in [9.17, 15) is 0 Å². The normalized spacial score (nSPS) is 9.88. The van der Waals surface area contributed by atoms with Crippen molar-refractivity contribution in [2.75, 3.05) is 0 Å². The Morgan fingerprint density at radius 3 is 0.348 bits per heavy atom. The molecule has 0 unspecified atom stereocenters. The first-order chi connectivity index (χ1) is 55.0. The first-order valence-electron chi connectivity index (χ1n) is 42.0. The maximum Gasteiger partial charge on any atom is -0.00139 e. The lowest BCUT2D eigenvalue weighted by atomic mass is 9.82. The van der Waals surface area contributed by atoms with Crippen molar-refractivity contribution in [3.8, 4) is 55.6 Å². The molecule has 17 aromatic rings. The van der Waals surface area contributed by atoms with Gasteiger partial charge in [0.1, 0.15) is 0 Å². The molecule has 0 saturated carbocycles. The lowest BCUT2D eigenvalue weighted by molar-refractivity contribution is 1.40. The van der Waals surface area contributed by atoms with Crippen LogP contribution in [0.2, 0.25) is 0 Å². The van der Waals surface area contributed by atoms with Crippen LogP contribution in [0, 0.1) is 55.4 Å². The summed E-state index contributed by atoms with van der Waals surface area (Å²) in [7, 11) is 0. The first-order valence-corrected chi connectivity index (χ1v) is 42.0. The van der Waals surface area contributed by atoms with E-state index in [2.05, 4.69) is 371 Å². The van der Waals surface area contributed by atoms with Gasteiger partial charge in [-0.05, 0) is 208 Å². The van der Waals surface area contributed by atoms with Crippen LogP contribution in [0.1, 0.15) is 169 Å². The number of benzene rings is 17. The molecule has 0 aliphatic heterocycles. The topological polar surface area (TPSA) is 0 Å². The van der Waals surface area contributed by atoms with Crippen LogP contribution < -0.4 is 0 Å². The van der Waals surface area contributed by atoms with Gasteiger partial charge in [0.15, 0.2) is 0 Å². The second-order valence-corrected chi connectivity index (χ2v) is 25.5. The molecule has 0 aromatic heterocycles. The molecule has 0 saturated heterocycles. The molecule has 0 radical (unpaired) electrons. The van der Waals surface area contributed by atoms with Crippen LogP contribution in [0.5, 0.6) is 0 Å². The van der Waals surface area contributed by atoms with E-state index in [1.807, 2.05) is 125 Å². The van der Waals surface area contributed by atoms with Crippen molar-refractivity contribution in [1.82, 2.24) is 0 Å². The summed E-state index contributed by atoms with van der Waals surface area (Å²) in [4.78, 5) is 0. The molecular formula is C112H130. The Morgan fingerprint density at radius 2 is 0.205 bits per heavy atom. The Kier molecular flexibility index (Phi) is 39.0. The largest absolute Gasteiger partial charge is 0.0683 e. The van der Waals surface area contributed by atoms with Crippen LogP contribution in [-0.4, -0.2) is 0 Å². The van der Waals surface area contributed by atoms with Gasteiger partial charge in [-0.15, -0.1) is 0 Å². The SMILES string of the molecule is CC.CC.CC.CC.CC.CC.CC.CC.CC.Cc1ccc(-c2c3ccccc3c(-c3c4ccccc4c(C)c4ccccc34)c3ccccc23)cc1.Cc1ccc(-c2c3ccccc3c(-c3ccc(C)cc3)c3ccccc23)cc1.Cc1ccc(-c2c3ccccc3c(C)c3ccccc23)cc1.Cc1ccc(C)cc1. The van der Waals surface area contributed by atoms with Crippen molar-refractivity contribution in [1.29, 1.82) is 0 Å². The third-order valence-electron chi connectivity index (χ3n) is 19.1. The molecule has 0 bridgehead atoms. The second kappa shape index (κ2) is 47.8. The van der Waals surface area contributed by atoms with Gasteiger partial charge >= 0.3 is 0 Å². The van der Waals surface area contributed by atoms with Crippen LogP contribution in [0.3, 0.4) is 0 Å². The van der Waals surface area contributed by atoms with E-state index in [0.29, 0.717) is 0 Å². The van der Waals surface area contributed by atoms with Gasteiger partial charge in [-0.3, -0.25) is 0 Å². The number of rotatable bonds is 5. The first kappa shape index (κ1) is 91.4. The number of aryl methyl sites for hydroxylation is 8. The summed E-state index contributed by atoms with van der Waals surface area (Å²) in [6.07, 6.45) is 0. The van der Waals surface area contributed by atoms with Crippen LogP contribution in [0.25, 0.3) is 142 Å². The van der Waals surface area contributed by atoms with Crippen molar-refractivity contribution in [3.63, 3.8) is 0 Å². The summed E-state index contributed by atoms with van der Waals surface area (Å²) in [6.45, 7) is 53.2. The van der Waals surface area contributed by atoms with Crippen molar-refractivity contribution in [2.45, 2.75) is 180 Å². The summed E-state index contributed by atoms with van der Waals surface area (Å²) in [5.41, 5.74) is 23.6. The molecular weight excluding hydrogens is 1350 g/mol. The van der Waals surface area contributed by atoms with E-state index in [0.717, 1.165) is 0 Å². The Bertz CT molecular complexity index is 5280. The standard InChI is InChI=1S/C36H26.C28H22.C22H18.C8H10.9C2H6/c1-23-19-21-25(22-20-23)34-30-15-7-9-17-32(30)36(33-18-10-8-16-31(33)34)35-28-13-5-3-11-26(28)24(2)27-12-4-6-14-29(27)35;1-19-11-15-21(16-12-19)27-23-7-3-5-9-25(23)28(22-17-13-20(2)14-18-22)26-10-6-4-8-24(26)27;1-15-11-13-17(14-12-15)22-20-9-5-3-7-18(20)16(2)19-8-4-6-10-21(19)22;1-7-3-5-8(2)6-4-7;9*1-2/h3-22H,1-2H3;3-18H,1-2H3;3-14H,1-2H3;3-6H,1-2H3;9*1-2H3. The summed E-state index contributed by atoms with van der Waals surface area (Å²) in [6, 6.07) is 115. The summed E-state index contributed by atoms with van der Waals surface area (Å²) < 4.78 is 0. The smallest absolute Gasteiger partial charge is 0.00139 e. The fraction of sp³-hybridized carbons (Fsp3) is 0.232. The molecule has 0 spiro atoms. The van der Waals surface area contributed by atoms with E-state index < -0.39 is 0 Å². The van der Waals surface area contributed by atoms with Crippen molar-refractivity contribution >= 4 is 86.2 Å². The van der Waals surface area contributed by atoms with Gasteiger partial charge in [0.2, 0.25) is 0 Å². The highest BCUT2D eigenvalue weighted by Crippen LogP contribution is 2.49. The minimum absolute atomic E-state index is 1.26. The number of hydrogen-bond donors (Lipinski definition) is 0. The van der Waals surface area contributed by atoms with Gasteiger partial charge in [-0.25, -0.2) is 0 Å². The molecule has 0 heterocycles. The van der Waals surface area contributed by atoms with Gasteiger partial charge in [-0.1, -0.05) is 473 Å². The number of fused-ring (bicyclic) bond motifs is 8. The number of hydrogen-bond acceptors (Lipinski definition) is 0. The maximum absolute atomic E-state index is 2.30. The lowest BCUT2D eigenvalue weighted by Crippen LogP contribution is -1.94. The molecule has 0 aliphatic rings. The van der Waals surface area contributed by atoms with Gasteiger partial charge in [0.05, 0.1) is 0 Å². The highest BCUT2D eigenvalue weighted by molar-refractivity contribution is 6.28. The predicted molar refractivity (Wildman–Crippen MR) is 513 cm³/mol. The molecule has 112 heavy (non-hydrogen) atoms. The summed E-state index contributed by atoms with van der Waals surface area (Å²) in [5.74, 6) is 0. The van der Waals surface area contributed by atoms with Gasteiger partial charge < -0.3 is 0 Å². The average molecular weight is 1480 g/mol. The van der Waals surface area contributed by atoms with E-state index in [1.165, 1.54) is 186 Å². The van der Waals surface area contributed by atoms with Crippen LogP contribution >= 0.6 is 0 Å². The molecule has 0 aliphatic carbocycles. The minimum atomic E-state index is 1.26.